The Hall–Kier alpha value is -1.06. The zero-order chi connectivity index (χ0) is 13.2. The minimum atomic E-state index is -0.459. The maximum absolute atomic E-state index is 9.78. The Bertz CT molecular complexity index is 299. The van der Waals surface area contributed by atoms with Gasteiger partial charge in [0, 0.05) is 6.54 Å². The second kappa shape index (κ2) is 8.95. The molecule has 0 radical (unpaired) electrons. The van der Waals surface area contributed by atoms with E-state index in [-0.39, 0.29) is 0 Å². The highest BCUT2D eigenvalue weighted by Crippen LogP contribution is 2.08. The fraction of sp³-hybridized carbons (Fsp3) is 0.600. The van der Waals surface area contributed by atoms with Crippen LogP contribution in [-0.2, 0) is 0 Å². The molecule has 0 aliphatic rings. The largest absolute Gasteiger partial charge is 0.491 e. The van der Waals surface area contributed by atoms with E-state index in [2.05, 4.69) is 19.2 Å². The average molecular weight is 251 g/mol. The fourth-order valence-electron chi connectivity index (χ4n) is 1.80. The molecule has 0 aliphatic heterocycles. The summed E-state index contributed by atoms with van der Waals surface area (Å²) >= 11 is 0. The van der Waals surface area contributed by atoms with Gasteiger partial charge < -0.3 is 15.2 Å². The van der Waals surface area contributed by atoms with E-state index in [0.717, 1.165) is 12.3 Å². The molecule has 0 amide bonds. The fourth-order valence-corrected chi connectivity index (χ4v) is 1.80. The number of rotatable bonds is 9. The standard InChI is InChI=1S/C15H25NO2/c1-3-13(4-2)10-16-11-14(17)12-18-15-8-6-5-7-9-15/h5-9,13-14,16-17H,3-4,10-12H2,1-2H3. The monoisotopic (exact) mass is 251 g/mol. The van der Waals surface area contributed by atoms with Gasteiger partial charge in [-0.1, -0.05) is 44.9 Å². The van der Waals surface area contributed by atoms with Gasteiger partial charge in [0.05, 0.1) is 0 Å². The summed E-state index contributed by atoms with van der Waals surface area (Å²) in [5.74, 6) is 1.50. The second-order valence-corrected chi connectivity index (χ2v) is 4.62. The topological polar surface area (TPSA) is 41.5 Å². The van der Waals surface area contributed by atoms with E-state index in [1.807, 2.05) is 30.3 Å². The van der Waals surface area contributed by atoms with Crippen molar-refractivity contribution < 1.29 is 9.84 Å². The van der Waals surface area contributed by atoms with Gasteiger partial charge in [0.25, 0.3) is 0 Å². The molecule has 1 aromatic rings. The number of ether oxygens (including phenoxy) is 1. The molecule has 1 aromatic carbocycles. The van der Waals surface area contributed by atoms with Crippen LogP contribution >= 0.6 is 0 Å². The summed E-state index contributed by atoms with van der Waals surface area (Å²) in [6.45, 7) is 6.29. The van der Waals surface area contributed by atoms with Gasteiger partial charge in [-0.2, -0.15) is 0 Å². The van der Waals surface area contributed by atoms with Crippen molar-refractivity contribution in [3.63, 3.8) is 0 Å². The highest BCUT2D eigenvalue weighted by molar-refractivity contribution is 5.20. The Balaban J connectivity index is 2.12. The van der Waals surface area contributed by atoms with Crippen molar-refractivity contribution in [2.24, 2.45) is 5.92 Å². The molecule has 0 bridgehead atoms. The highest BCUT2D eigenvalue weighted by Gasteiger charge is 2.07. The molecule has 0 saturated heterocycles. The first-order chi connectivity index (χ1) is 8.76. The molecular weight excluding hydrogens is 226 g/mol. The molecule has 3 nitrogen and oxygen atoms in total. The van der Waals surface area contributed by atoms with Crippen molar-refractivity contribution in [3.05, 3.63) is 30.3 Å². The average Bonchev–Trinajstić information content (AvgIpc) is 2.42. The Morgan fingerprint density at radius 3 is 2.39 bits per heavy atom. The Labute approximate surface area is 110 Å². The molecule has 1 rings (SSSR count). The molecule has 3 heteroatoms. The van der Waals surface area contributed by atoms with E-state index in [1.54, 1.807) is 0 Å². The van der Waals surface area contributed by atoms with Crippen LogP contribution in [0.4, 0.5) is 0 Å². The number of aliphatic hydroxyl groups excluding tert-OH is 1. The Morgan fingerprint density at radius 2 is 1.78 bits per heavy atom. The number of hydrogen-bond acceptors (Lipinski definition) is 3. The van der Waals surface area contributed by atoms with E-state index in [0.29, 0.717) is 19.1 Å². The van der Waals surface area contributed by atoms with Gasteiger partial charge in [-0.25, -0.2) is 0 Å². The van der Waals surface area contributed by atoms with Gasteiger partial charge in [-0.3, -0.25) is 0 Å². The SMILES string of the molecule is CCC(CC)CNCC(O)COc1ccccc1. The van der Waals surface area contributed by atoms with E-state index < -0.39 is 6.10 Å². The Kier molecular flexibility index (Phi) is 7.46. The molecule has 0 heterocycles. The first-order valence-corrected chi connectivity index (χ1v) is 6.82. The molecule has 1 unspecified atom stereocenters. The first kappa shape index (κ1) is 15.0. The van der Waals surface area contributed by atoms with Gasteiger partial charge in [-0.15, -0.1) is 0 Å². The van der Waals surface area contributed by atoms with Crippen LogP contribution in [0.25, 0.3) is 0 Å². The summed E-state index contributed by atoms with van der Waals surface area (Å²) in [5, 5.41) is 13.1. The van der Waals surface area contributed by atoms with Crippen molar-refractivity contribution in [3.8, 4) is 5.75 Å². The van der Waals surface area contributed by atoms with Crippen LogP contribution in [0.2, 0.25) is 0 Å². The van der Waals surface area contributed by atoms with Gasteiger partial charge in [0.15, 0.2) is 0 Å². The van der Waals surface area contributed by atoms with Crippen LogP contribution in [0, 0.1) is 5.92 Å². The van der Waals surface area contributed by atoms with E-state index in [4.69, 9.17) is 4.74 Å². The molecule has 0 saturated carbocycles. The maximum atomic E-state index is 9.78. The van der Waals surface area contributed by atoms with Gasteiger partial charge in [-0.05, 0) is 24.6 Å². The number of nitrogens with one attached hydrogen (secondary N) is 1. The molecule has 0 fully saturated rings. The molecule has 2 N–H and O–H groups in total. The smallest absolute Gasteiger partial charge is 0.119 e. The van der Waals surface area contributed by atoms with Gasteiger partial charge in [0.1, 0.15) is 18.5 Å². The molecule has 18 heavy (non-hydrogen) atoms. The van der Waals surface area contributed by atoms with Crippen LogP contribution in [0.1, 0.15) is 26.7 Å². The third-order valence-corrected chi connectivity index (χ3v) is 3.15. The Morgan fingerprint density at radius 1 is 1.11 bits per heavy atom. The lowest BCUT2D eigenvalue weighted by molar-refractivity contribution is 0.105. The zero-order valence-corrected chi connectivity index (χ0v) is 11.4. The third kappa shape index (κ3) is 6.03. The number of aliphatic hydroxyl groups is 1. The highest BCUT2D eigenvalue weighted by atomic mass is 16.5. The predicted molar refractivity (Wildman–Crippen MR) is 74.9 cm³/mol. The van der Waals surface area contributed by atoms with Crippen molar-refractivity contribution in [2.75, 3.05) is 19.7 Å². The van der Waals surface area contributed by atoms with Gasteiger partial charge >= 0.3 is 0 Å². The van der Waals surface area contributed by atoms with E-state index in [9.17, 15) is 5.11 Å². The van der Waals surface area contributed by atoms with Crippen LogP contribution in [0.5, 0.6) is 5.75 Å². The molecule has 0 aromatic heterocycles. The molecular formula is C15H25NO2. The quantitative estimate of drug-likeness (QED) is 0.708. The van der Waals surface area contributed by atoms with Crippen molar-refractivity contribution in [1.29, 1.82) is 0 Å². The normalized spacial score (nSPS) is 12.7. The van der Waals surface area contributed by atoms with Crippen molar-refractivity contribution in [2.45, 2.75) is 32.8 Å². The summed E-state index contributed by atoms with van der Waals surface area (Å²) in [5.41, 5.74) is 0. The number of hydrogen-bond donors (Lipinski definition) is 2. The molecule has 0 aliphatic carbocycles. The molecule has 1 atom stereocenters. The summed E-state index contributed by atoms with van der Waals surface area (Å²) in [4.78, 5) is 0. The first-order valence-electron chi connectivity index (χ1n) is 6.82. The minimum absolute atomic E-state index is 0.333. The zero-order valence-electron chi connectivity index (χ0n) is 11.4. The van der Waals surface area contributed by atoms with Gasteiger partial charge in [0.2, 0.25) is 0 Å². The molecule has 0 spiro atoms. The summed E-state index contributed by atoms with van der Waals surface area (Å²) in [7, 11) is 0. The third-order valence-electron chi connectivity index (χ3n) is 3.15. The van der Waals surface area contributed by atoms with Crippen molar-refractivity contribution in [1.82, 2.24) is 5.32 Å². The lowest BCUT2D eigenvalue weighted by Gasteiger charge is -2.16. The summed E-state index contributed by atoms with van der Waals surface area (Å²) in [6, 6.07) is 9.58. The van der Waals surface area contributed by atoms with Crippen LogP contribution in [-0.4, -0.2) is 30.9 Å². The van der Waals surface area contributed by atoms with Crippen LogP contribution < -0.4 is 10.1 Å². The lowest BCUT2D eigenvalue weighted by Crippen LogP contribution is -2.34. The predicted octanol–water partition coefficient (Wildman–Crippen LogP) is 2.45. The van der Waals surface area contributed by atoms with Crippen LogP contribution in [0.15, 0.2) is 30.3 Å². The maximum Gasteiger partial charge on any atom is 0.119 e. The second-order valence-electron chi connectivity index (χ2n) is 4.62. The summed E-state index contributed by atoms with van der Waals surface area (Å²) < 4.78 is 5.49. The van der Waals surface area contributed by atoms with Crippen LogP contribution in [0.3, 0.4) is 0 Å². The lowest BCUT2D eigenvalue weighted by atomic mass is 10.0. The number of para-hydroxylation sites is 1. The van der Waals surface area contributed by atoms with E-state index in [1.165, 1.54) is 12.8 Å². The minimum Gasteiger partial charge on any atom is -0.491 e. The number of benzene rings is 1. The summed E-state index contributed by atoms with van der Waals surface area (Å²) in [6.07, 6.45) is 1.90. The van der Waals surface area contributed by atoms with Crippen molar-refractivity contribution >= 4 is 0 Å². The van der Waals surface area contributed by atoms with E-state index >= 15 is 0 Å². The molecule has 102 valence electrons.